The van der Waals surface area contributed by atoms with Crippen molar-refractivity contribution in [1.29, 1.82) is 0 Å². The number of aromatic carboxylic acids is 1. The Balaban J connectivity index is 1.37. The van der Waals surface area contributed by atoms with E-state index in [1.54, 1.807) is 29.2 Å². The van der Waals surface area contributed by atoms with Gasteiger partial charge in [-0.05, 0) is 54.0 Å². The minimum atomic E-state index is -0.954. The van der Waals surface area contributed by atoms with Gasteiger partial charge in [-0.2, -0.15) is 0 Å². The van der Waals surface area contributed by atoms with Gasteiger partial charge in [-0.15, -0.1) is 0 Å². The largest absolute Gasteiger partial charge is 0.489 e. The van der Waals surface area contributed by atoms with Crippen LogP contribution in [0.15, 0.2) is 77.7 Å². The predicted molar refractivity (Wildman–Crippen MR) is 134 cm³/mol. The normalized spacial score (nSPS) is 14.7. The lowest BCUT2D eigenvalue weighted by Gasteiger charge is -2.14. The first-order valence-corrected chi connectivity index (χ1v) is 11.5. The van der Waals surface area contributed by atoms with Crippen molar-refractivity contribution in [3.05, 3.63) is 106 Å². The molecule has 0 spiro atoms. The van der Waals surface area contributed by atoms with Crippen LogP contribution in [0, 0.1) is 6.92 Å². The number of nitrogens with zero attached hydrogens (tertiary/aromatic N) is 1. The number of hydrogen-bond acceptors (Lipinski definition) is 5. The summed E-state index contributed by atoms with van der Waals surface area (Å²) in [6, 6.07) is 22.1. The zero-order valence-corrected chi connectivity index (χ0v) is 19.5. The van der Waals surface area contributed by atoms with Crippen molar-refractivity contribution in [2.45, 2.75) is 20.1 Å². The molecule has 7 heteroatoms. The molecule has 0 unspecified atom stereocenters. The molecule has 4 rings (SSSR count). The van der Waals surface area contributed by atoms with Crippen LogP contribution >= 0.6 is 24.0 Å². The van der Waals surface area contributed by atoms with Gasteiger partial charge in [0.2, 0.25) is 0 Å². The van der Waals surface area contributed by atoms with Crippen LogP contribution in [0.4, 0.5) is 0 Å². The average molecular weight is 476 g/mol. The first kappa shape index (κ1) is 22.8. The van der Waals surface area contributed by atoms with E-state index in [9.17, 15) is 9.59 Å². The Morgan fingerprint density at radius 3 is 2.27 bits per heavy atom. The Hall–Kier alpha value is -3.42. The number of amides is 1. The summed E-state index contributed by atoms with van der Waals surface area (Å²) in [5, 5.41) is 8.96. The van der Waals surface area contributed by atoms with Gasteiger partial charge in [0.15, 0.2) is 0 Å². The summed E-state index contributed by atoms with van der Waals surface area (Å²) in [7, 11) is 0. The minimum absolute atomic E-state index is 0.0873. The van der Waals surface area contributed by atoms with Gasteiger partial charge in [0, 0.05) is 0 Å². The van der Waals surface area contributed by atoms with Crippen molar-refractivity contribution in [1.82, 2.24) is 4.90 Å². The Bertz CT molecular complexity index is 1220. The molecule has 3 aromatic carbocycles. The highest BCUT2D eigenvalue weighted by molar-refractivity contribution is 8.26. The summed E-state index contributed by atoms with van der Waals surface area (Å²) in [6.45, 7) is 2.82. The van der Waals surface area contributed by atoms with Crippen LogP contribution in [-0.2, 0) is 17.9 Å². The number of ether oxygens (including phenoxy) is 1. The summed E-state index contributed by atoms with van der Waals surface area (Å²) < 4.78 is 6.33. The molecule has 1 heterocycles. The van der Waals surface area contributed by atoms with Crippen LogP contribution in [-0.4, -0.2) is 26.2 Å². The van der Waals surface area contributed by atoms with Gasteiger partial charge >= 0.3 is 5.97 Å². The molecule has 1 aliphatic heterocycles. The summed E-state index contributed by atoms with van der Waals surface area (Å²) in [5.41, 5.74) is 4.21. The van der Waals surface area contributed by atoms with E-state index in [1.165, 1.54) is 17.3 Å². The van der Waals surface area contributed by atoms with Gasteiger partial charge in [-0.3, -0.25) is 9.69 Å². The van der Waals surface area contributed by atoms with Crippen LogP contribution in [0.3, 0.4) is 0 Å². The van der Waals surface area contributed by atoms with E-state index in [2.05, 4.69) is 0 Å². The Labute approximate surface area is 201 Å². The Kier molecular flexibility index (Phi) is 6.91. The van der Waals surface area contributed by atoms with E-state index < -0.39 is 5.97 Å². The topological polar surface area (TPSA) is 66.8 Å². The second-order valence-electron chi connectivity index (χ2n) is 7.61. The summed E-state index contributed by atoms with van der Waals surface area (Å²) in [4.78, 5) is 26.0. The van der Waals surface area contributed by atoms with E-state index in [1.807, 2.05) is 61.5 Å². The molecule has 0 aliphatic carbocycles. The van der Waals surface area contributed by atoms with Crippen molar-refractivity contribution < 1.29 is 19.4 Å². The summed E-state index contributed by atoms with van der Waals surface area (Å²) in [5.74, 6) is -0.359. The van der Waals surface area contributed by atoms with Gasteiger partial charge in [0.25, 0.3) is 5.91 Å². The molecule has 1 amide bonds. The zero-order chi connectivity index (χ0) is 23.4. The fourth-order valence-electron chi connectivity index (χ4n) is 3.23. The van der Waals surface area contributed by atoms with Gasteiger partial charge in [0.05, 0.1) is 17.0 Å². The monoisotopic (exact) mass is 475 g/mol. The van der Waals surface area contributed by atoms with E-state index in [-0.39, 0.29) is 11.5 Å². The van der Waals surface area contributed by atoms with Crippen LogP contribution in [0.5, 0.6) is 5.75 Å². The van der Waals surface area contributed by atoms with E-state index in [0.29, 0.717) is 28.1 Å². The highest BCUT2D eigenvalue weighted by atomic mass is 32.2. The van der Waals surface area contributed by atoms with E-state index in [4.69, 9.17) is 22.1 Å². The lowest BCUT2D eigenvalue weighted by Crippen LogP contribution is -2.27. The fraction of sp³-hybridized carbons (Fsp3) is 0.115. The Morgan fingerprint density at radius 1 is 1.00 bits per heavy atom. The number of carbonyl (C=O) groups excluding carboxylic acids is 1. The van der Waals surface area contributed by atoms with Crippen LogP contribution in [0.25, 0.3) is 6.08 Å². The molecule has 1 fully saturated rings. The lowest BCUT2D eigenvalue weighted by molar-refractivity contribution is -0.122. The molecule has 1 aliphatic rings. The molecular formula is C26H21NO4S2. The third kappa shape index (κ3) is 5.69. The standard InChI is InChI=1S/C26H21NO4S2/c1-17-2-4-19(5-3-17)15-27-24(28)23(33-26(27)32)14-18-8-12-22(13-9-18)31-16-20-6-10-21(11-7-20)25(29)30/h2-14H,15-16H2,1H3,(H,29,30)/b23-14-. The number of carbonyl (C=O) groups is 2. The molecule has 0 aromatic heterocycles. The van der Waals surface area contributed by atoms with Crippen LogP contribution in [0.1, 0.15) is 32.6 Å². The van der Waals surface area contributed by atoms with Crippen molar-refractivity contribution in [2.24, 2.45) is 0 Å². The lowest BCUT2D eigenvalue weighted by atomic mass is 10.1. The van der Waals surface area contributed by atoms with Gasteiger partial charge in [-0.1, -0.05) is 78.1 Å². The smallest absolute Gasteiger partial charge is 0.335 e. The van der Waals surface area contributed by atoms with Crippen molar-refractivity contribution in [2.75, 3.05) is 0 Å². The molecular weight excluding hydrogens is 454 g/mol. The number of thiocarbonyl (C=S) groups is 1. The highest BCUT2D eigenvalue weighted by Gasteiger charge is 2.31. The minimum Gasteiger partial charge on any atom is -0.489 e. The number of carboxylic acids is 1. The Morgan fingerprint density at radius 2 is 1.64 bits per heavy atom. The molecule has 166 valence electrons. The molecule has 1 saturated heterocycles. The molecule has 5 nitrogen and oxygen atoms in total. The molecule has 0 saturated carbocycles. The van der Waals surface area contributed by atoms with Gasteiger partial charge < -0.3 is 9.84 Å². The fourth-order valence-corrected chi connectivity index (χ4v) is 4.49. The number of thioether (sulfide) groups is 1. The number of carboxylic acid groups (broad SMARTS) is 1. The molecule has 33 heavy (non-hydrogen) atoms. The maximum absolute atomic E-state index is 12.9. The highest BCUT2D eigenvalue weighted by Crippen LogP contribution is 2.33. The van der Waals surface area contributed by atoms with E-state index >= 15 is 0 Å². The first-order chi connectivity index (χ1) is 15.9. The summed E-state index contributed by atoms with van der Waals surface area (Å²) >= 11 is 6.74. The number of hydrogen-bond donors (Lipinski definition) is 1. The zero-order valence-electron chi connectivity index (χ0n) is 17.9. The molecule has 0 radical (unpaired) electrons. The molecule has 1 N–H and O–H groups in total. The van der Waals surface area contributed by atoms with Gasteiger partial charge in [-0.25, -0.2) is 4.79 Å². The predicted octanol–water partition coefficient (Wildman–Crippen LogP) is 5.67. The molecule has 0 bridgehead atoms. The number of aryl methyl sites for hydroxylation is 1. The quantitative estimate of drug-likeness (QED) is 0.351. The second kappa shape index (κ2) is 10.0. The maximum Gasteiger partial charge on any atom is 0.335 e. The maximum atomic E-state index is 12.9. The number of benzene rings is 3. The molecule has 0 atom stereocenters. The van der Waals surface area contributed by atoms with Crippen molar-refractivity contribution in [3.8, 4) is 5.75 Å². The van der Waals surface area contributed by atoms with Crippen LogP contribution in [0.2, 0.25) is 0 Å². The SMILES string of the molecule is Cc1ccc(CN2C(=O)/C(=C/c3ccc(OCc4ccc(C(=O)O)cc4)cc3)SC2=S)cc1. The van der Waals surface area contributed by atoms with Crippen molar-refractivity contribution in [3.63, 3.8) is 0 Å². The van der Waals surface area contributed by atoms with Crippen molar-refractivity contribution >= 4 is 46.3 Å². The molecule has 3 aromatic rings. The van der Waals surface area contributed by atoms with E-state index in [0.717, 1.165) is 16.7 Å². The van der Waals surface area contributed by atoms with Crippen LogP contribution < -0.4 is 4.74 Å². The van der Waals surface area contributed by atoms with Gasteiger partial charge in [0.1, 0.15) is 16.7 Å². The summed E-state index contributed by atoms with van der Waals surface area (Å²) in [6.07, 6.45) is 1.84. The number of rotatable bonds is 7. The first-order valence-electron chi connectivity index (χ1n) is 10.2. The second-order valence-corrected chi connectivity index (χ2v) is 9.29. The third-order valence-electron chi connectivity index (χ3n) is 5.12. The third-order valence-corrected chi connectivity index (χ3v) is 6.50. The average Bonchev–Trinajstić information content (AvgIpc) is 3.07.